The molecule has 0 fully saturated rings. The van der Waals surface area contributed by atoms with Gasteiger partial charge in [0, 0.05) is 18.3 Å². The van der Waals surface area contributed by atoms with Crippen LogP contribution in [0.1, 0.15) is 5.56 Å². The zero-order valence-electron chi connectivity index (χ0n) is 8.23. The van der Waals surface area contributed by atoms with Crippen LogP contribution in [0.25, 0.3) is 11.4 Å². The van der Waals surface area contributed by atoms with Gasteiger partial charge in [0.15, 0.2) is 5.82 Å². The molecule has 0 aliphatic rings. The molecule has 2 aromatic rings. The van der Waals surface area contributed by atoms with Crippen molar-refractivity contribution in [3.8, 4) is 11.4 Å². The van der Waals surface area contributed by atoms with E-state index < -0.39 is 0 Å². The fourth-order valence-corrected chi connectivity index (χ4v) is 1.34. The summed E-state index contributed by atoms with van der Waals surface area (Å²) in [4.78, 5) is 4.18. The van der Waals surface area contributed by atoms with Gasteiger partial charge in [-0.25, -0.2) is 4.98 Å². The molecule has 1 aromatic heterocycles. The highest BCUT2D eigenvalue weighted by Gasteiger charge is 2.06. The second-order valence-corrected chi connectivity index (χ2v) is 3.32. The van der Waals surface area contributed by atoms with Gasteiger partial charge in [-0.1, -0.05) is 6.07 Å². The highest BCUT2D eigenvalue weighted by Crippen LogP contribution is 2.21. The van der Waals surface area contributed by atoms with Crippen LogP contribution in [-0.2, 0) is 7.05 Å². The Bertz CT molecular complexity index is 459. The standard InChI is InChI=1S/C10H12N4/c1-7-3-4-8(11)5-9(7)10-12-6-14(2)13-10/h3-6H,11H2,1-2H3. The van der Waals surface area contributed by atoms with E-state index in [1.54, 1.807) is 11.0 Å². The fourth-order valence-electron chi connectivity index (χ4n) is 1.34. The molecular weight excluding hydrogens is 176 g/mol. The third kappa shape index (κ3) is 1.46. The Balaban J connectivity index is 2.55. The Morgan fingerprint density at radius 3 is 2.79 bits per heavy atom. The van der Waals surface area contributed by atoms with E-state index in [9.17, 15) is 0 Å². The van der Waals surface area contributed by atoms with Crippen molar-refractivity contribution in [3.63, 3.8) is 0 Å². The molecule has 0 aliphatic carbocycles. The number of nitrogen functional groups attached to an aromatic ring is 1. The molecule has 0 unspecified atom stereocenters. The van der Waals surface area contributed by atoms with Crippen molar-refractivity contribution in [2.45, 2.75) is 6.92 Å². The van der Waals surface area contributed by atoms with Crippen LogP contribution in [0.4, 0.5) is 5.69 Å². The molecule has 0 amide bonds. The van der Waals surface area contributed by atoms with Crippen molar-refractivity contribution < 1.29 is 0 Å². The van der Waals surface area contributed by atoms with Gasteiger partial charge in [-0.2, -0.15) is 5.10 Å². The molecule has 1 heterocycles. The lowest BCUT2D eigenvalue weighted by atomic mass is 10.1. The molecule has 0 radical (unpaired) electrons. The van der Waals surface area contributed by atoms with Gasteiger partial charge in [0.1, 0.15) is 6.33 Å². The number of nitrogens with two attached hydrogens (primary N) is 1. The Hall–Kier alpha value is -1.84. The largest absolute Gasteiger partial charge is 0.399 e. The average Bonchev–Trinajstić information content (AvgIpc) is 2.56. The highest BCUT2D eigenvalue weighted by molar-refractivity contribution is 5.64. The molecule has 4 nitrogen and oxygen atoms in total. The summed E-state index contributed by atoms with van der Waals surface area (Å²) in [5.74, 6) is 0.720. The first kappa shape index (κ1) is 8.74. The summed E-state index contributed by atoms with van der Waals surface area (Å²) < 4.78 is 1.68. The number of benzene rings is 1. The van der Waals surface area contributed by atoms with Gasteiger partial charge in [0.2, 0.25) is 0 Å². The number of hydrogen-bond donors (Lipinski definition) is 1. The number of anilines is 1. The SMILES string of the molecule is Cc1ccc(N)cc1-c1ncn(C)n1. The Morgan fingerprint density at radius 2 is 2.14 bits per heavy atom. The maximum Gasteiger partial charge on any atom is 0.181 e. The molecule has 0 atom stereocenters. The van der Waals surface area contributed by atoms with Crippen molar-refractivity contribution in [1.82, 2.24) is 14.8 Å². The fraction of sp³-hybridized carbons (Fsp3) is 0.200. The van der Waals surface area contributed by atoms with Crippen LogP contribution >= 0.6 is 0 Å². The molecule has 0 bridgehead atoms. The summed E-state index contributed by atoms with van der Waals surface area (Å²) in [7, 11) is 1.85. The molecule has 0 saturated heterocycles. The third-order valence-corrected chi connectivity index (χ3v) is 2.10. The predicted octanol–water partition coefficient (Wildman–Crippen LogP) is 1.37. The zero-order chi connectivity index (χ0) is 10.1. The van der Waals surface area contributed by atoms with E-state index in [1.165, 1.54) is 0 Å². The van der Waals surface area contributed by atoms with Crippen LogP contribution < -0.4 is 5.73 Å². The smallest absolute Gasteiger partial charge is 0.181 e. The van der Waals surface area contributed by atoms with Crippen LogP contribution in [0.5, 0.6) is 0 Å². The predicted molar refractivity (Wildman–Crippen MR) is 55.6 cm³/mol. The van der Waals surface area contributed by atoms with E-state index >= 15 is 0 Å². The van der Waals surface area contributed by atoms with Crippen molar-refractivity contribution in [3.05, 3.63) is 30.1 Å². The van der Waals surface area contributed by atoms with Crippen molar-refractivity contribution in [2.24, 2.45) is 7.05 Å². The summed E-state index contributed by atoms with van der Waals surface area (Å²) in [6.45, 7) is 2.02. The minimum atomic E-state index is 0.720. The molecule has 0 saturated carbocycles. The first-order chi connectivity index (χ1) is 6.66. The molecule has 2 rings (SSSR count). The van der Waals surface area contributed by atoms with E-state index in [1.807, 2.05) is 32.2 Å². The van der Waals surface area contributed by atoms with E-state index in [2.05, 4.69) is 10.1 Å². The highest BCUT2D eigenvalue weighted by atomic mass is 15.3. The molecule has 72 valence electrons. The van der Waals surface area contributed by atoms with Gasteiger partial charge in [-0.05, 0) is 24.6 Å². The van der Waals surface area contributed by atoms with E-state index in [0.717, 1.165) is 22.6 Å². The third-order valence-electron chi connectivity index (χ3n) is 2.10. The summed E-state index contributed by atoms with van der Waals surface area (Å²) in [5.41, 5.74) is 8.56. The van der Waals surface area contributed by atoms with Crippen molar-refractivity contribution >= 4 is 5.69 Å². The molecular formula is C10H12N4. The Kier molecular flexibility index (Phi) is 1.96. The van der Waals surface area contributed by atoms with Crippen molar-refractivity contribution in [2.75, 3.05) is 5.73 Å². The first-order valence-corrected chi connectivity index (χ1v) is 4.39. The quantitative estimate of drug-likeness (QED) is 0.688. The lowest BCUT2D eigenvalue weighted by Gasteiger charge is -2.02. The average molecular weight is 188 g/mol. The van der Waals surface area contributed by atoms with E-state index in [0.29, 0.717) is 0 Å². The van der Waals surface area contributed by atoms with Crippen LogP contribution in [0.15, 0.2) is 24.5 Å². The molecule has 14 heavy (non-hydrogen) atoms. The lowest BCUT2D eigenvalue weighted by molar-refractivity contribution is 0.768. The second-order valence-electron chi connectivity index (χ2n) is 3.32. The minimum absolute atomic E-state index is 0.720. The summed E-state index contributed by atoms with van der Waals surface area (Å²) in [6, 6.07) is 5.74. The van der Waals surface area contributed by atoms with E-state index in [-0.39, 0.29) is 0 Å². The van der Waals surface area contributed by atoms with Crippen LogP contribution in [0.2, 0.25) is 0 Å². The molecule has 0 spiro atoms. The lowest BCUT2D eigenvalue weighted by Crippen LogP contribution is -1.92. The van der Waals surface area contributed by atoms with E-state index in [4.69, 9.17) is 5.73 Å². The van der Waals surface area contributed by atoms with Crippen LogP contribution in [-0.4, -0.2) is 14.8 Å². The number of rotatable bonds is 1. The maximum absolute atomic E-state index is 5.71. The number of aryl methyl sites for hydroxylation is 2. The Labute approximate surface area is 82.4 Å². The van der Waals surface area contributed by atoms with Crippen LogP contribution in [0, 0.1) is 6.92 Å². The molecule has 2 N–H and O–H groups in total. The topological polar surface area (TPSA) is 56.7 Å². The minimum Gasteiger partial charge on any atom is -0.399 e. The number of hydrogen-bond acceptors (Lipinski definition) is 3. The summed E-state index contributed by atoms with van der Waals surface area (Å²) in [6.07, 6.45) is 1.68. The molecule has 0 aliphatic heterocycles. The van der Waals surface area contributed by atoms with Gasteiger partial charge in [0.05, 0.1) is 0 Å². The van der Waals surface area contributed by atoms with Gasteiger partial charge in [-0.15, -0.1) is 0 Å². The molecule has 4 heteroatoms. The first-order valence-electron chi connectivity index (χ1n) is 4.39. The van der Waals surface area contributed by atoms with Crippen molar-refractivity contribution in [1.29, 1.82) is 0 Å². The van der Waals surface area contributed by atoms with Gasteiger partial charge < -0.3 is 5.73 Å². The Morgan fingerprint density at radius 1 is 1.36 bits per heavy atom. The zero-order valence-corrected chi connectivity index (χ0v) is 8.23. The second kappa shape index (κ2) is 3.14. The maximum atomic E-state index is 5.71. The van der Waals surface area contributed by atoms with Crippen LogP contribution in [0.3, 0.4) is 0 Å². The summed E-state index contributed by atoms with van der Waals surface area (Å²) in [5, 5.41) is 4.23. The number of aromatic nitrogens is 3. The normalized spacial score (nSPS) is 10.4. The summed E-state index contributed by atoms with van der Waals surface area (Å²) >= 11 is 0. The van der Waals surface area contributed by atoms with Gasteiger partial charge >= 0.3 is 0 Å². The van der Waals surface area contributed by atoms with Gasteiger partial charge in [0.25, 0.3) is 0 Å². The van der Waals surface area contributed by atoms with Gasteiger partial charge in [-0.3, -0.25) is 4.68 Å². The molecule has 1 aromatic carbocycles. The monoisotopic (exact) mass is 188 g/mol. The number of nitrogens with zero attached hydrogens (tertiary/aromatic N) is 3.